The smallest absolute Gasteiger partial charge is 0.333 e. The van der Waals surface area contributed by atoms with Crippen molar-refractivity contribution in [2.24, 2.45) is 0 Å². The minimum Gasteiger partial charge on any atom is -0.459 e. The van der Waals surface area contributed by atoms with Gasteiger partial charge in [-0.2, -0.15) is 0 Å². The zero-order valence-electron chi connectivity index (χ0n) is 8.34. The number of hydrogen-bond acceptors (Lipinski definition) is 2. The van der Waals surface area contributed by atoms with Gasteiger partial charge in [-0.15, -0.1) is 0 Å². The third kappa shape index (κ3) is 5.42. The SMILES string of the molecule is C=C(C)C(=O)OC(CC)CCC[O]. The molecule has 13 heavy (non-hydrogen) atoms. The first kappa shape index (κ1) is 12.2. The molecule has 1 atom stereocenters. The maximum atomic E-state index is 11.1. The lowest BCUT2D eigenvalue weighted by Gasteiger charge is -2.15. The molecule has 0 aromatic heterocycles. The highest BCUT2D eigenvalue weighted by atomic mass is 16.5. The maximum Gasteiger partial charge on any atom is 0.333 e. The topological polar surface area (TPSA) is 46.2 Å². The summed E-state index contributed by atoms with van der Waals surface area (Å²) in [5, 5.41) is 10.2. The molecule has 0 spiro atoms. The lowest BCUT2D eigenvalue weighted by molar-refractivity contribution is -0.144. The number of carbonyl (C=O) groups excluding carboxylic acids is 1. The van der Waals surface area contributed by atoms with Crippen LogP contribution in [0.2, 0.25) is 0 Å². The largest absolute Gasteiger partial charge is 0.459 e. The molecule has 0 aliphatic carbocycles. The molecule has 0 saturated heterocycles. The van der Waals surface area contributed by atoms with E-state index in [2.05, 4.69) is 6.58 Å². The van der Waals surface area contributed by atoms with Crippen molar-refractivity contribution in [1.29, 1.82) is 0 Å². The lowest BCUT2D eigenvalue weighted by Crippen LogP contribution is -2.18. The van der Waals surface area contributed by atoms with E-state index in [0.717, 1.165) is 6.42 Å². The molecule has 1 radical (unpaired) electrons. The van der Waals surface area contributed by atoms with Gasteiger partial charge in [-0.3, -0.25) is 0 Å². The summed E-state index contributed by atoms with van der Waals surface area (Å²) < 4.78 is 5.09. The van der Waals surface area contributed by atoms with Gasteiger partial charge in [0.15, 0.2) is 0 Å². The molecule has 0 heterocycles. The fourth-order valence-corrected chi connectivity index (χ4v) is 0.909. The van der Waals surface area contributed by atoms with E-state index in [4.69, 9.17) is 4.74 Å². The Morgan fingerprint density at radius 3 is 2.54 bits per heavy atom. The van der Waals surface area contributed by atoms with Gasteiger partial charge >= 0.3 is 5.97 Å². The highest BCUT2D eigenvalue weighted by Gasteiger charge is 2.12. The lowest BCUT2D eigenvalue weighted by atomic mass is 10.1. The van der Waals surface area contributed by atoms with Gasteiger partial charge < -0.3 is 4.74 Å². The highest BCUT2D eigenvalue weighted by Crippen LogP contribution is 2.08. The number of ether oxygens (including phenoxy) is 1. The number of esters is 1. The van der Waals surface area contributed by atoms with Crippen molar-refractivity contribution in [3.05, 3.63) is 12.2 Å². The van der Waals surface area contributed by atoms with E-state index < -0.39 is 0 Å². The molecule has 0 amide bonds. The van der Waals surface area contributed by atoms with Crippen LogP contribution >= 0.6 is 0 Å². The molecular formula is C10H17O3. The number of carbonyl (C=O) groups is 1. The van der Waals surface area contributed by atoms with E-state index in [1.807, 2.05) is 6.92 Å². The molecule has 0 fully saturated rings. The van der Waals surface area contributed by atoms with Crippen molar-refractivity contribution in [2.75, 3.05) is 6.61 Å². The Morgan fingerprint density at radius 1 is 1.54 bits per heavy atom. The highest BCUT2D eigenvalue weighted by molar-refractivity contribution is 5.87. The van der Waals surface area contributed by atoms with Gasteiger partial charge in [-0.25, -0.2) is 9.90 Å². The minimum absolute atomic E-state index is 0.110. The molecular weight excluding hydrogens is 168 g/mol. The second kappa shape index (κ2) is 6.66. The van der Waals surface area contributed by atoms with E-state index in [0.29, 0.717) is 18.4 Å². The quantitative estimate of drug-likeness (QED) is 0.470. The van der Waals surface area contributed by atoms with Crippen LogP contribution in [0, 0.1) is 0 Å². The predicted octanol–water partition coefficient (Wildman–Crippen LogP) is 2.09. The Hall–Kier alpha value is -0.830. The third-order valence-corrected chi connectivity index (χ3v) is 1.75. The molecule has 0 bridgehead atoms. The van der Waals surface area contributed by atoms with Crippen LogP contribution in [0.3, 0.4) is 0 Å². The summed E-state index contributed by atoms with van der Waals surface area (Å²) >= 11 is 0. The van der Waals surface area contributed by atoms with Gasteiger partial charge in [0.25, 0.3) is 0 Å². The standard InChI is InChI=1S/C10H17O3/c1-4-9(6-5-7-11)13-10(12)8(2)3/h9H,2,4-7H2,1,3H3. The van der Waals surface area contributed by atoms with E-state index in [-0.39, 0.29) is 18.7 Å². The normalized spacial score (nSPS) is 12.2. The summed E-state index contributed by atoms with van der Waals surface area (Å²) in [6, 6.07) is 0. The van der Waals surface area contributed by atoms with Crippen molar-refractivity contribution in [3.63, 3.8) is 0 Å². The van der Waals surface area contributed by atoms with Crippen LogP contribution in [-0.4, -0.2) is 18.7 Å². The first-order valence-electron chi connectivity index (χ1n) is 4.56. The zero-order valence-corrected chi connectivity index (χ0v) is 8.34. The molecule has 3 heteroatoms. The first-order chi connectivity index (χ1) is 6.11. The average molecular weight is 185 g/mol. The maximum absolute atomic E-state index is 11.1. The Bertz CT molecular complexity index is 175. The van der Waals surface area contributed by atoms with E-state index in [1.54, 1.807) is 6.92 Å². The van der Waals surface area contributed by atoms with Gasteiger partial charge in [-0.1, -0.05) is 13.5 Å². The van der Waals surface area contributed by atoms with E-state index in [9.17, 15) is 9.90 Å². The van der Waals surface area contributed by atoms with Crippen LogP contribution in [0.4, 0.5) is 0 Å². The Kier molecular flexibility index (Phi) is 6.24. The molecule has 3 nitrogen and oxygen atoms in total. The summed E-state index contributed by atoms with van der Waals surface area (Å²) in [7, 11) is 0. The molecule has 0 aliphatic heterocycles. The minimum atomic E-state index is -0.363. The zero-order chi connectivity index (χ0) is 10.3. The molecule has 0 rings (SSSR count). The third-order valence-electron chi connectivity index (χ3n) is 1.75. The van der Waals surface area contributed by atoms with E-state index in [1.165, 1.54) is 0 Å². The Labute approximate surface area is 79.4 Å². The second-order valence-electron chi connectivity index (χ2n) is 3.06. The summed E-state index contributed by atoms with van der Waals surface area (Å²) in [6.07, 6.45) is 1.83. The molecule has 0 aromatic rings. The first-order valence-corrected chi connectivity index (χ1v) is 4.56. The molecule has 0 saturated carbocycles. The van der Waals surface area contributed by atoms with Crippen LogP contribution in [0.1, 0.15) is 33.1 Å². The summed E-state index contributed by atoms with van der Waals surface area (Å²) in [5.74, 6) is -0.363. The predicted molar refractivity (Wildman–Crippen MR) is 49.8 cm³/mol. The van der Waals surface area contributed by atoms with Crippen molar-refractivity contribution < 1.29 is 14.6 Å². The van der Waals surface area contributed by atoms with Crippen LogP contribution in [0.25, 0.3) is 0 Å². The van der Waals surface area contributed by atoms with Gasteiger partial charge in [0.2, 0.25) is 0 Å². The Morgan fingerprint density at radius 2 is 2.15 bits per heavy atom. The van der Waals surface area contributed by atoms with Gasteiger partial charge in [0, 0.05) is 5.57 Å². The monoisotopic (exact) mass is 185 g/mol. The molecule has 75 valence electrons. The van der Waals surface area contributed by atoms with Gasteiger partial charge in [0.1, 0.15) is 6.10 Å². The van der Waals surface area contributed by atoms with E-state index >= 15 is 0 Å². The molecule has 0 aliphatic rings. The summed E-state index contributed by atoms with van der Waals surface area (Å²) in [5.41, 5.74) is 0.403. The van der Waals surface area contributed by atoms with Crippen molar-refractivity contribution in [2.45, 2.75) is 39.2 Å². The fraction of sp³-hybridized carbons (Fsp3) is 0.700. The van der Waals surface area contributed by atoms with Crippen LogP contribution < -0.4 is 0 Å². The molecule has 0 aromatic carbocycles. The number of hydrogen-bond donors (Lipinski definition) is 0. The summed E-state index contributed by atoms with van der Waals surface area (Å²) in [4.78, 5) is 11.1. The molecule has 1 unspecified atom stereocenters. The van der Waals surface area contributed by atoms with Crippen LogP contribution in [0.15, 0.2) is 12.2 Å². The number of rotatable bonds is 6. The van der Waals surface area contributed by atoms with Crippen LogP contribution in [-0.2, 0) is 14.6 Å². The van der Waals surface area contributed by atoms with Crippen molar-refractivity contribution >= 4 is 5.97 Å². The van der Waals surface area contributed by atoms with Gasteiger partial charge in [-0.05, 0) is 26.2 Å². The van der Waals surface area contributed by atoms with Crippen LogP contribution in [0.5, 0.6) is 0 Å². The van der Waals surface area contributed by atoms with Gasteiger partial charge in [0.05, 0.1) is 6.61 Å². The average Bonchev–Trinajstić information content (AvgIpc) is 2.11. The van der Waals surface area contributed by atoms with Crippen molar-refractivity contribution in [1.82, 2.24) is 0 Å². The Balaban J connectivity index is 3.83. The summed E-state index contributed by atoms with van der Waals surface area (Å²) in [6.45, 7) is 6.92. The second-order valence-corrected chi connectivity index (χ2v) is 3.06. The molecule has 0 N–H and O–H groups in total. The fourth-order valence-electron chi connectivity index (χ4n) is 0.909. The van der Waals surface area contributed by atoms with Crippen molar-refractivity contribution in [3.8, 4) is 0 Å².